The molecule has 0 bridgehead atoms. The number of hydrazone groups is 1. The van der Waals surface area contributed by atoms with E-state index in [2.05, 4.69) is 21.0 Å². The lowest BCUT2D eigenvalue weighted by molar-refractivity contribution is 0.284. The predicted molar refractivity (Wildman–Crippen MR) is 96.4 cm³/mol. The first-order chi connectivity index (χ1) is 12.3. The number of hydrogen-bond acceptors (Lipinski definition) is 6. The summed E-state index contributed by atoms with van der Waals surface area (Å²) in [6.45, 7) is 3.05. The Hall–Kier alpha value is -3.09. The molecule has 0 spiro atoms. The lowest BCUT2D eigenvalue weighted by Gasteiger charge is -2.11. The van der Waals surface area contributed by atoms with Crippen molar-refractivity contribution in [2.75, 3.05) is 20.8 Å². The molecule has 0 radical (unpaired) electrons. The van der Waals surface area contributed by atoms with Crippen LogP contribution in [0.15, 0.2) is 57.9 Å². The summed E-state index contributed by atoms with van der Waals surface area (Å²) in [4.78, 5) is 0. The molecule has 0 aromatic heterocycles. The third-order valence-corrected chi connectivity index (χ3v) is 3.23. The van der Waals surface area contributed by atoms with Crippen LogP contribution in [-0.4, -0.2) is 27.0 Å². The maximum absolute atomic E-state index is 5.85. The topological polar surface area (TPSA) is 76.8 Å². The first-order valence-corrected chi connectivity index (χ1v) is 7.86. The number of rotatable bonds is 9. The Kier molecular flexibility index (Phi) is 7.24. The molecule has 0 aliphatic rings. The van der Waals surface area contributed by atoms with E-state index in [0.717, 1.165) is 16.9 Å². The van der Waals surface area contributed by atoms with E-state index in [1.54, 1.807) is 20.4 Å². The van der Waals surface area contributed by atoms with Gasteiger partial charge < -0.3 is 14.2 Å². The molecule has 2 aromatic carbocycles. The zero-order valence-electron chi connectivity index (χ0n) is 14.6. The lowest BCUT2D eigenvalue weighted by Crippen LogP contribution is -1.99. The van der Waals surface area contributed by atoms with Crippen molar-refractivity contribution in [3.8, 4) is 17.2 Å². The molecule has 0 aliphatic carbocycles. The molecule has 2 aromatic rings. The number of nitrogens with zero attached hydrogens (tertiary/aromatic N) is 3. The number of benzene rings is 2. The van der Waals surface area contributed by atoms with Crippen LogP contribution in [0.4, 0.5) is 0 Å². The Morgan fingerprint density at radius 2 is 1.84 bits per heavy atom. The summed E-state index contributed by atoms with van der Waals surface area (Å²) in [5.74, 6) is 2.14. The first kappa shape index (κ1) is 18.3. The van der Waals surface area contributed by atoms with E-state index in [-0.39, 0.29) is 0 Å². The van der Waals surface area contributed by atoms with Gasteiger partial charge >= 0.3 is 0 Å². The molecule has 0 atom stereocenters. The minimum absolute atomic E-state index is 0.439. The Labute approximate surface area is 147 Å². The molecule has 0 amide bonds. The summed E-state index contributed by atoms with van der Waals surface area (Å²) in [6.07, 6.45) is 1.62. The van der Waals surface area contributed by atoms with Gasteiger partial charge in [-0.3, -0.25) is 0 Å². The van der Waals surface area contributed by atoms with Crippen LogP contribution < -0.4 is 19.7 Å². The Bertz CT molecular complexity index is 715. The fourth-order valence-corrected chi connectivity index (χ4v) is 2.07. The van der Waals surface area contributed by atoms with Gasteiger partial charge in [0.2, 0.25) is 0 Å². The summed E-state index contributed by atoms with van der Waals surface area (Å²) in [7, 11) is 3.16. The van der Waals surface area contributed by atoms with Crippen molar-refractivity contribution in [1.82, 2.24) is 5.53 Å². The average molecular weight is 342 g/mol. The normalized spacial score (nSPS) is 11.0. The molecule has 25 heavy (non-hydrogen) atoms. The van der Waals surface area contributed by atoms with Gasteiger partial charge in [-0.2, -0.15) is 15.8 Å². The summed E-state index contributed by atoms with van der Waals surface area (Å²) >= 11 is 0. The third kappa shape index (κ3) is 5.80. The van der Waals surface area contributed by atoms with Gasteiger partial charge in [-0.1, -0.05) is 17.4 Å². The molecule has 0 unspecified atom stereocenters. The van der Waals surface area contributed by atoms with E-state index in [1.165, 1.54) is 0 Å². The zero-order chi connectivity index (χ0) is 17.9. The van der Waals surface area contributed by atoms with Crippen molar-refractivity contribution in [2.24, 2.45) is 15.4 Å². The number of methoxy groups -OCH3 is 1. The van der Waals surface area contributed by atoms with Gasteiger partial charge in [-0.25, -0.2) is 0 Å². The molecular formula is C18H22N4O3. The van der Waals surface area contributed by atoms with Crippen LogP contribution in [0.3, 0.4) is 0 Å². The SMILES string of the molecule is CCOc1ccc(COc2ccc(/C=N/NN=NC)cc2OC)cc1. The number of hydrogen-bond donors (Lipinski definition) is 1. The fraction of sp³-hybridized carbons (Fsp3) is 0.278. The van der Waals surface area contributed by atoms with E-state index in [0.29, 0.717) is 24.7 Å². The maximum atomic E-state index is 5.85. The molecule has 0 fully saturated rings. The van der Waals surface area contributed by atoms with Gasteiger partial charge in [0.1, 0.15) is 12.4 Å². The highest BCUT2D eigenvalue weighted by atomic mass is 16.5. The molecular weight excluding hydrogens is 320 g/mol. The zero-order valence-corrected chi connectivity index (χ0v) is 14.6. The van der Waals surface area contributed by atoms with Gasteiger partial charge in [-0.05, 0) is 48.4 Å². The highest BCUT2D eigenvalue weighted by molar-refractivity contribution is 5.80. The smallest absolute Gasteiger partial charge is 0.161 e. The molecule has 7 nitrogen and oxygen atoms in total. The minimum Gasteiger partial charge on any atom is -0.494 e. The minimum atomic E-state index is 0.439. The molecule has 0 saturated carbocycles. The summed E-state index contributed by atoms with van der Waals surface area (Å²) in [5, 5.41) is 11.0. The van der Waals surface area contributed by atoms with Gasteiger partial charge in [0.15, 0.2) is 11.5 Å². The molecule has 0 heterocycles. The van der Waals surface area contributed by atoms with Gasteiger partial charge in [-0.15, -0.1) is 0 Å². The second kappa shape index (κ2) is 9.92. The molecule has 1 N–H and O–H groups in total. The highest BCUT2D eigenvalue weighted by Crippen LogP contribution is 2.28. The first-order valence-electron chi connectivity index (χ1n) is 7.86. The van der Waals surface area contributed by atoms with Crippen molar-refractivity contribution < 1.29 is 14.2 Å². The summed E-state index contributed by atoms with van der Waals surface area (Å²) in [5.41, 5.74) is 4.34. The van der Waals surface area contributed by atoms with E-state index >= 15 is 0 Å². The van der Waals surface area contributed by atoms with E-state index in [4.69, 9.17) is 14.2 Å². The van der Waals surface area contributed by atoms with Crippen LogP contribution in [-0.2, 0) is 6.61 Å². The molecule has 7 heteroatoms. The van der Waals surface area contributed by atoms with Crippen LogP contribution in [0.25, 0.3) is 0 Å². The monoisotopic (exact) mass is 342 g/mol. The van der Waals surface area contributed by atoms with Gasteiger partial charge in [0, 0.05) is 0 Å². The number of ether oxygens (including phenoxy) is 3. The van der Waals surface area contributed by atoms with Crippen LogP contribution in [0.5, 0.6) is 17.2 Å². The van der Waals surface area contributed by atoms with Crippen molar-refractivity contribution in [3.05, 3.63) is 53.6 Å². The Morgan fingerprint density at radius 1 is 1.04 bits per heavy atom. The molecule has 0 aliphatic heterocycles. The van der Waals surface area contributed by atoms with Gasteiger partial charge in [0.25, 0.3) is 0 Å². The summed E-state index contributed by atoms with van der Waals surface area (Å²) < 4.78 is 16.7. The Balaban J connectivity index is 2.00. The molecule has 2 rings (SSSR count). The maximum Gasteiger partial charge on any atom is 0.161 e. The molecule has 0 saturated heterocycles. The quantitative estimate of drug-likeness (QED) is 0.429. The molecule has 132 valence electrons. The second-order valence-corrected chi connectivity index (χ2v) is 4.93. The van der Waals surface area contributed by atoms with Crippen LogP contribution in [0, 0.1) is 0 Å². The number of nitrogens with one attached hydrogen (secondary N) is 1. The largest absolute Gasteiger partial charge is 0.494 e. The van der Waals surface area contributed by atoms with E-state index in [1.807, 2.05) is 49.4 Å². The van der Waals surface area contributed by atoms with E-state index < -0.39 is 0 Å². The highest BCUT2D eigenvalue weighted by Gasteiger charge is 2.06. The van der Waals surface area contributed by atoms with Crippen molar-refractivity contribution in [2.45, 2.75) is 13.5 Å². The fourth-order valence-electron chi connectivity index (χ4n) is 2.07. The summed E-state index contributed by atoms with van der Waals surface area (Å²) in [6, 6.07) is 13.4. The Morgan fingerprint density at radius 3 is 2.52 bits per heavy atom. The van der Waals surface area contributed by atoms with Crippen molar-refractivity contribution in [1.29, 1.82) is 0 Å². The van der Waals surface area contributed by atoms with Crippen LogP contribution in [0.1, 0.15) is 18.1 Å². The second-order valence-electron chi connectivity index (χ2n) is 4.93. The standard InChI is InChI=1S/C18H22N4O3/c1-4-24-16-8-5-14(6-9-16)13-25-17-10-7-15(11-18(17)23-3)12-20-22-21-19-2/h5-12H,4,13H2,1-3H3,(H,19,22)/b20-12+. The third-order valence-electron chi connectivity index (χ3n) is 3.23. The van der Waals surface area contributed by atoms with Gasteiger partial charge in [0.05, 0.1) is 27.0 Å². The van der Waals surface area contributed by atoms with E-state index in [9.17, 15) is 0 Å². The van der Waals surface area contributed by atoms with Crippen molar-refractivity contribution in [3.63, 3.8) is 0 Å². The van der Waals surface area contributed by atoms with Crippen molar-refractivity contribution >= 4 is 6.21 Å². The predicted octanol–water partition coefficient (Wildman–Crippen LogP) is 3.59. The average Bonchev–Trinajstić information content (AvgIpc) is 2.65. The van der Waals surface area contributed by atoms with Crippen LogP contribution >= 0.6 is 0 Å². The lowest BCUT2D eigenvalue weighted by atomic mass is 10.2. The van der Waals surface area contributed by atoms with Crippen LogP contribution in [0.2, 0.25) is 0 Å².